The third-order valence-corrected chi connectivity index (χ3v) is 6.51. The summed E-state index contributed by atoms with van der Waals surface area (Å²) in [6.07, 6.45) is 1.50. The third kappa shape index (κ3) is 5.68. The predicted octanol–water partition coefficient (Wildman–Crippen LogP) is 6.50. The standard InChI is InChI=1S/C30H21BrN2O4/c31-29-25-10-4-2-7-22(25)14-17-27(29)36-19-28(34)33-32-18-20-12-15-23(16-13-20)37-30(35)26-11-5-8-21-6-1-3-9-24(21)26/h1-18H,19H2,(H,33,34)/b32-18+. The number of esters is 1. The molecule has 0 aromatic heterocycles. The highest BCUT2D eigenvalue weighted by atomic mass is 79.9. The summed E-state index contributed by atoms with van der Waals surface area (Å²) in [5, 5.41) is 7.87. The summed E-state index contributed by atoms with van der Waals surface area (Å²) in [6, 6.07) is 31.7. The molecule has 0 aliphatic heterocycles. The van der Waals surface area contributed by atoms with Crippen LogP contribution in [0, 0.1) is 0 Å². The average Bonchev–Trinajstić information content (AvgIpc) is 2.93. The van der Waals surface area contributed by atoms with E-state index in [2.05, 4.69) is 26.5 Å². The minimum atomic E-state index is -0.427. The first-order chi connectivity index (χ1) is 18.1. The zero-order chi connectivity index (χ0) is 25.6. The molecule has 0 spiro atoms. The van der Waals surface area contributed by atoms with Gasteiger partial charge in [0.25, 0.3) is 5.91 Å². The molecule has 0 saturated carbocycles. The van der Waals surface area contributed by atoms with E-state index in [0.717, 1.165) is 31.6 Å². The number of amides is 1. The van der Waals surface area contributed by atoms with Crippen LogP contribution in [0.3, 0.4) is 0 Å². The van der Waals surface area contributed by atoms with E-state index < -0.39 is 11.9 Å². The van der Waals surface area contributed by atoms with Gasteiger partial charge in [-0.15, -0.1) is 0 Å². The summed E-state index contributed by atoms with van der Waals surface area (Å²) >= 11 is 3.54. The van der Waals surface area contributed by atoms with Gasteiger partial charge in [-0.05, 0) is 79.4 Å². The molecule has 0 heterocycles. The van der Waals surface area contributed by atoms with Gasteiger partial charge < -0.3 is 9.47 Å². The molecule has 182 valence electrons. The molecular formula is C30H21BrN2O4. The second kappa shape index (κ2) is 11.1. The average molecular weight is 553 g/mol. The minimum Gasteiger partial charge on any atom is -0.483 e. The highest BCUT2D eigenvalue weighted by Gasteiger charge is 2.12. The lowest BCUT2D eigenvalue weighted by molar-refractivity contribution is -0.123. The van der Waals surface area contributed by atoms with Crippen LogP contribution in [-0.4, -0.2) is 24.7 Å². The molecule has 0 aliphatic carbocycles. The lowest BCUT2D eigenvalue weighted by atomic mass is 10.0. The number of halogens is 1. The lowest BCUT2D eigenvalue weighted by Gasteiger charge is -2.09. The Kier molecular flexibility index (Phi) is 7.23. The van der Waals surface area contributed by atoms with E-state index in [1.165, 1.54) is 6.21 Å². The van der Waals surface area contributed by atoms with Crippen LogP contribution < -0.4 is 14.9 Å². The first kappa shape index (κ1) is 24.2. The molecule has 5 aromatic carbocycles. The van der Waals surface area contributed by atoms with Crippen molar-refractivity contribution in [2.24, 2.45) is 5.10 Å². The lowest BCUT2D eigenvalue weighted by Crippen LogP contribution is -2.24. The SMILES string of the molecule is O=C(COc1ccc2ccccc2c1Br)N/N=C/c1ccc(OC(=O)c2cccc3ccccc23)cc1. The molecule has 0 bridgehead atoms. The van der Waals surface area contributed by atoms with Crippen LogP contribution >= 0.6 is 15.9 Å². The highest BCUT2D eigenvalue weighted by Crippen LogP contribution is 2.33. The van der Waals surface area contributed by atoms with E-state index in [1.54, 1.807) is 30.3 Å². The van der Waals surface area contributed by atoms with Gasteiger partial charge in [-0.2, -0.15) is 5.10 Å². The predicted molar refractivity (Wildman–Crippen MR) is 148 cm³/mol. The van der Waals surface area contributed by atoms with Gasteiger partial charge in [-0.25, -0.2) is 10.2 Å². The van der Waals surface area contributed by atoms with E-state index in [1.807, 2.05) is 72.8 Å². The smallest absolute Gasteiger partial charge is 0.344 e. The summed E-state index contributed by atoms with van der Waals surface area (Å²) in [5.74, 6) is 0.167. The molecule has 0 saturated heterocycles. The molecule has 1 amide bonds. The van der Waals surface area contributed by atoms with Gasteiger partial charge in [0.15, 0.2) is 6.61 Å². The summed E-state index contributed by atoms with van der Waals surface area (Å²) in [7, 11) is 0. The molecule has 0 fully saturated rings. The van der Waals surface area contributed by atoms with E-state index in [0.29, 0.717) is 17.1 Å². The maximum absolute atomic E-state index is 12.7. The van der Waals surface area contributed by atoms with Crippen molar-refractivity contribution >= 4 is 55.6 Å². The van der Waals surface area contributed by atoms with Crippen LogP contribution in [0.25, 0.3) is 21.5 Å². The van der Waals surface area contributed by atoms with E-state index >= 15 is 0 Å². The summed E-state index contributed by atoms with van der Waals surface area (Å²) < 4.78 is 12.0. The number of hydrazone groups is 1. The maximum atomic E-state index is 12.7. The fraction of sp³-hybridized carbons (Fsp3) is 0.0333. The fourth-order valence-corrected chi connectivity index (χ4v) is 4.47. The Bertz CT molecular complexity index is 1630. The number of carbonyl (C=O) groups is 2. The number of benzene rings is 5. The van der Waals surface area contributed by atoms with E-state index in [-0.39, 0.29) is 6.61 Å². The van der Waals surface area contributed by atoms with Crippen molar-refractivity contribution in [3.05, 3.63) is 119 Å². The summed E-state index contributed by atoms with van der Waals surface area (Å²) in [4.78, 5) is 24.9. The molecule has 0 atom stereocenters. The monoisotopic (exact) mass is 552 g/mol. The fourth-order valence-electron chi connectivity index (χ4n) is 3.87. The zero-order valence-electron chi connectivity index (χ0n) is 19.6. The number of fused-ring (bicyclic) bond motifs is 2. The van der Waals surface area contributed by atoms with Gasteiger partial charge in [0.2, 0.25) is 0 Å². The Hall–Kier alpha value is -4.49. The zero-order valence-corrected chi connectivity index (χ0v) is 21.1. The Morgan fingerprint density at radius 1 is 0.784 bits per heavy atom. The quantitative estimate of drug-likeness (QED) is 0.108. The van der Waals surface area contributed by atoms with Crippen molar-refractivity contribution < 1.29 is 19.1 Å². The molecular weight excluding hydrogens is 532 g/mol. The number of hydrogen-bond donors (Lipinski definition) is 1. The molecule has 0 unspecified atom stereocenters. The first-order valence-corrected chi connectivity index (χ1v) is 12.3. The molecule has 0 aliphatic rings. The van der Waals surface area contributed by atoms with Crippen LogP contribution in [0.4, 0.5) is 0 Å². The van der Waals surface area contributed by atoms with Gasteiger partial charge in [-0.3, -0.25) is 4.79 Å². The van der Waals surface area contributed by atoms with Gasteiger partial charge in [0, 0.05) is 0 Å². The van der Waals surface area contributed by atoms with Gasteiger partial charge in [-0.1, -0.05) is 66.7 Å². The maximum Gasteiger partial charge on any atom is 0.344 e. The van der Waals surface area contributed by atoms with Crippen molar-refractivity contribution in [2.45, 2.75) is 0 Å². The van der Waals surface area contributed by atoms with Crippen LogP contribution in [0.15, 0.2) is 113 Å². The molecule has 5 aromatic rings. The molecule has 5 rings (SSSR count). The van der Waals surface area contributed by atoms with Crippen LogP contribution in [-0.2, 0) is 4.79 Å². The van der Waals surface area contributed by atoms with Gasteiger partial charge in [0.05, 0.1) is 16.3 Å². The van der Waals surface area contributed by atoms with Crippen molar-refractivity contribution in [3.63, 3.8) is 0 Å². The Balaban J connectivity index is 1.14. The largest absolute Gasteiger partial charge is 0.483 e. The van der Waals surface area contributed by atoms with Crippen LogP contribution in [0.1, 0.15) is 15.9 Å². The Morgan fingerprint density at radius 2 is 1.46 bits per heavy atom. The van der Waals surface area contributed by atoms with Crippen molar-refractivity contribution in [2.75, 3.05) is 6.61 Å². The number of rotatable bonds is 7. The van der Waals surface area contributed by atoms with Crippen molar-refractivity contribution in [3.8, 4) is 11.5 Å². The number of nitrogens with zero attached hydrogens (tertiary/aromatic N) is 1. The number of nitrogens with one attached hydrogen (secondary N) is 1. The Labute approximate surface area is 221 Å². The number of carbonyl (C=O) groups excluding carboxylic acids is 2. The highest BCUT2D eigenvalue weighted by molar-refractivity contribution is 9.10. The second-order valence-electron chi connectivity index (χ2n) is 8.17. The van der Waals surface area contributed by atoms with E-state index in [9.17, 15) is 9.59 Å². The molecule has 7 heteroatoms. The summed E-state index contributed by atoms with van der Waals surface area (Å²) in [6.45, 7) is -0.183. The molecule has 0 radical (unpaired) electrons. The minimum absolute atomic E-state index is 0.183. The van der Waals surface area contributed by atoms with Crippen molar-refractivity contribution in [1.29, 1.82) is 0 Å². The molecule has 1 N–H and O–H groups in total. The normalized spacial score (nSPS) is 11.1. The van der Waals surface area contributed by atoms with Crippen LogP contribution in [0.5, 0.6) is 11.5 Å². The Morgan fingerprint density at radius 3 is 2.24 bits per heavy atom. The molecule has 6 nitrogen and oxygen atoms in total. The second-order valence-corrected chi connectivity index (χ2v) is 8.96. The number of hydrogen-bond acceptors (Lipinski definition) is 5. The topological polar surface area (TPSA) is 77.0 Å². The summed E-state index contributed by atoms with van der Waals surface area (Å²) in [5.41, 5.74) is 3.68. The third-order valence-electron chi connectivity index (χ3n) is 5.69. The van der Waals surface area contributed by atoms with Crippen molar-refractivity contribution in [1.82, 2.24) is 5.43 Å². The number of ether oxygens (including phenoxy) is 2. The van der Waals surface area contributed by atoms with Gasteiger partial charge >= 0.3 is 5.97 Å². The first-order valence-electron chi connectivity index (χ1n) is 11.5. The van der Waals surface area contributed by atoms with Gasteiger partial charge in [0.1, 0.15) is 11.5 Å². The molecule has 37 heavy (non-hydrogen) atoms. The van der Waals surface area contributed by atoms with E-state index in [4.69, 9.17) is 9.47 Å². The van der Waals surface area contributed by atoms with Crippen LogP contribution in [0.2, 0.25) is 0 Å².